The number of hydrogen-bond acceptors (Lipinski definition) is 3. The van der Waals surface area contributed by atoms with E-state index in [1.54, 1.807) is 18.6 Å². The Bertz CT molecular complexity index is 488. The monoisotopic (exact) mass is 278 g/mol. The molecule has 2 aromatic rings. The van der Waals surface area contributed by atoms with E-state index in [9.17, 15) is 5.11 Å². The Morgan fingerprint density at radius 2 is 2.12 bits per heavy atom. The van der Waals surface area contributed by atoms with Crippen LogP contribution in [0.2, 0.25) is 0 Å². The summed E-state index contributed by atoms with van der Waals surface area (Å²) in [5, 5.41) is 10.2. The lowest BCUT2D eigenvalue weighted by atomic mass is 10.0. The molecule has 3 nitrogen and oxygen atoms in total. The van der Waals surface area contributed by atoms with Gasteiger partial charge in [-0.15, -0.1) is 0 Å². The number of hydrogen-bond donors (Lipinski definition) is 1. The van der Waals surface area contributed by atoms with Gasteiger partial charge in [-0.2, -0.15) is 0 Å². The van der Waals surface area contributed by atoms with Crippen molar-refractivity contribution in [2.24, 2.45) is 0 Å². The Kier molecular flexibility index (Phi) is 3.31. The first-order valence-corrected chi connectivity index (χ1v) is 5.68. The van der Waals surface area contributed by atoms with Crippen LogP contribution in [0.15, 0.2) is 41.3 Å². The van der Waals surface area contributed by atoms with E-state index in [0.29, 0.717) is 5.69 Å². The second-order valence-corrected chi connectivity index (χ2v) is 4.30. The predicted molar refractivity (Wildman–Crippen MR) is 65.0 cm³/mol. The molecule has 0 aliphatic rings. The molecule has 0 fully saturated rings. The largest absolute Gasteiger partial charge is 0.382 e. The summed E-state index contributed by atoms with van der Waals surface area (Å²) in [5.74, 6) is 0. The molecule has 2 rings (SSSR count). The van der Waals surface area contributed by atoms with Gasteiger partial charge in [-0.25, -0.2) is 0 Å². The first-order valence-electron chi connectivity index (χ1n) is 4.89. The third-order valence-corrected chi connectivity index (χ3v) is 3.46. The summed E-state index contributed by atoms with van der Waals surface area (Å²) >= 11 is 3.47. The van der Waals surface area contributed by atoms with Gasteiger partial charge in [0.25, 0.3) is 0 Å². The van der Waals surface area contributed by atoms with E-state index in [-0.39, 0.29) is 0 Å². The highest BCUT2D eigenvalue weighted by molar-refractivity contribution is 9.10. The molecule has 0 saturated carbocycles. The molecule has 82 valence electrons. The maximum absolute atomic E-state index is 10.2. The van der Waals surface area contributed by atoms with E-state index in [1.807, 2.05) is 25.1 Å². The van der Waals surface area contributed by atoms with Crippen molar-refractivity contribution in [3.8, 4) is 0 Å². The molecular weight excluding hydrogens is 268 g/mol. The molecule has 0 saturated heterocycles. The number of aliphatic hydroxyl groups is 1. The lowest BCUT2D eigenvalue weighted by molar-refractivity contribution is 0.214. The third kappa shape index (κ3) is 2.13. The predicted octanol–water partition coefficient (Wildman–Crippen LogP) is 2.63. The van der Waals surface area contributed by atoms with Crippen LogP contribution < -0.4 is 0 Å². The zero-order valence-electron chi connectivity index (χ0n) is 8.76. The molecule has 0 radical (unpaired) electrons. The number of nitrogens with zero attached hydrogens (tertiary/aromatic N) is 2. The van der Waals surface area contributed by atoms with E-state index in [4.69, 9.17) is 0 Å². The van der Waals surface area contributed by atoms with Crippen molar-refractivity contribution < 1.29 is 5.11 Å². The molecule has 0 aliphatic heterocycles. The Labute approximate surface area is 102 Å². The van der Waals surface area contributed by atoms with Gasteiger partial charge in [-0.1, -0.05) is 34.1 Å². The van der Waals surface area contributed by atoms with Gasteiger partial charge >= 0.3 is 0 Å². The molecule has 1 heterocycles. The van der Waals surface area contributed by atoms with Crippen molar-refractivity contribution in [1.82, 2.24) is 9.97 Å². The van der Waals surface area contributed by atoms with E-state index in [0.717, 1.165) is 15.6 Å². The smallest absolute Gasteiger partial charge is 0.124 e. The van der Waals surface area contributed by atoms with E-state index < -0.39 is 6.10 Å². The second kappa shape index (κ2) is 4.72. The number of rotatable bonds is 2. The average molecular weight is 279 g/mol. The summed E-state index contributed by atoms with van der Waals surface area (Å²) in [6.45, 7) is 1.98. The first-order chi connectivity index (χ1) is 7.70. The molecule has 0 amide bonds. The molecule has 1 N–H and O–H groups in total. The second-order valence-electron chi connectivity index (χ2n) is 3.51. The number of aliphatic hydroxyl groups excluding tert-OH is 1. The minimum absolute atomic E-state index is 0.550. The Morgan fingerprint density at radius 1 is 1.31 bits per heavy atom. The Hall–Kier alpha value is -1.26. The van der Waals surface area contributed by atoms with Crippen LogP contribution in [-0.4, -0.2) is 15.1 Å². The molecule has 0 unspecified atom stereocenters. The number of benzene rings is 1. The highest BCUT2D eigenvalue weighted by Gasteiger charge is 2.15. The lowest BCUT2D eigenvalue weighted by Gasteiger charge is -2.13. The molecule has 0 bridgehead atoms. The molecular formula is C12H11BrN2O. The molecule has 4 heteroatoms. The van der Waals surface area contributed by atoms with Crippen molar-refractivity contribution in [2.75, 3.05) is 0 Å². The summed E-state index contributed by atoms with van der Waals surface area (Å²) in [7, 11) is 0. The SMILES string of the molecule is Cc1cccc([C@@H](O)c2cnccn2)c1Br. The van der Waals surface area contributed by atoms with Crippen molar-refractivity contribution >= 4 is 15.9 Å². The fourth-order valence-corrected chi connectivity index (χ4v) is 1.97. The van der Waals surface area contributed by atoms with Gasteiger partial charge in [-0.3, -0.25) is 9.97 Å². The van der Waals surface area contributed by atoms with Crippen LogP contribution in [-0.2, 0) is 0 Å². The molecule has 0 spiro atoms. The highest BCUT2D eigenvalue weighted by Crippen LogP contribution is 2.29. The van der Waals surface area contributed by atoms with Gasteiger partial charge in [0.1, 0.15) is 6.10 Å². The summed E-state index contributed by atoms with van der Waals surface area (Å²) in [6, 6.07) is 5.77. The van der Waals surface area contributed by atoms with Gasteiger partial charge in [0.15, 0.2) is 0 Å². The van der Waals surface area contributed by atoms with Crippen LogP contribution in [0.4, 0.5) is 0 Å². The third-order valence-electron chi connectivity index (χ3n) is 2.38. The summed E-state index contributed by atoms with van der Waals surface area (Å²) in [6.07, 6.45) is 3.98. The maximum atomic E-state index is 10.2. The van der Waals surface area contributed by atoms with Gasteiger partial charge < -0.3 is 5.11 Å². The van der Waals surface area contributed by atoms with Crippen molar-refractivity contribution in [1.29, 1.82) is 0 Å². The van der Waals surface area contributed by atoms with E-state index in [1.165, 1.54) is 0 Å². The summed E-state index contributed by atoms with van der Waals surface area (Å²) in [4.78, 5) is 8.04. The number of aromatic nitrogens is 2. The number of aryl methyl sites for hydroxylation is 1. The van der Waals surface area contributed by atoms with Crippen LogP contribution in [0.5, 0.6) is 0 Å². The van der Waals surface area contributed by atoms with Gasteiger partial charge in [0.2, 0.25) is 0 Å². The minimum Gasteiger partial charge on any atom is -0.382 e. The topological polar surface area (TPSA) is 46.0 Å². The van der Waals surface area contributed by atoms with Crippen molar-refractivity contribution in [3.05, 3.63) is 58.1 Å². The van der Waals surface area contributed by atoms with Crippen LogP contribution >= 0.6 is 15.9 Å². The fourth-order valence-electron chi connectivity index (χ4n) is 1.49. The normalized spacial score (nSPS) is 12.4. The lowest BCUT2D eigenvalue weighted by Crippen LogP contribution is -2.04. The van der Waals surface area contributed by atoms with Crippen LogP contribution in [0.3, 0.4) is 0 Å². The fraction of sp³-hybridized carbons (Fsp3) is 0.167. The van der Waals surface area contributed by atoms with E-state index >= 15 is 0 Å². The van der Waals surface area contributed by atoms with E-state index in [2.05, 4.69) is 25.9 Å². The quantitative estimate of drug-likeness (QED) is 0.919. The van der Waals surface area contributed by atoms with Crippen molar-refractivity contribution in [2.45, 2.75) is 13.0 Å². The Balaban J connectivity index is 2.42. The molecule has 0 aliphatic carbocycles. The standard InChI is InChI=1S/C12H11BrN2O/c1-8-3-2-4-9(11(8)13)12(16)10-7-14-5-6-15-10/h2-7,12,16H,1H3/t12-/m1/s1. The van der Waals surface area contributed by atoms with Crippen molar-refractivity contribution in [3.63, 3.8) is 0 Å². The maximum Gasteiger partial charge on any atom is 0.124 e. The highest BCUT2D eigenvalue weighted by atomic mass is 79.9. The zero-order chi connectivity index (χ0) is 11.5. The number of halogens is 1. The zero-order valence-corrected chi connectivity index (χ0v) is 10.3. The van der Waals surface area contributed by atoms with Gasteiger partial charge in [-0.05, 0) is 12.5 Å². The van der Waals surface area contributed by atoms with Crippen LogP contribution in [0.1, 0.15) is 22.9 Å². The summed E-state index contributed by atoms with van der Waals surface area (Å²) < 4.78 is 0.910. The minimum atomic E-state index is -0.747. The molecule has 1 aromatic carbocycles. The van der Waals surface area contributed by atoms with Gasteiger partial charge in [0, 0.05) is 22.4 Å². The Morgan fingerprint density at radius 3 is 2.81 bits per heavy atom. The van der Waals surface area contributed by atoms with Crippen LogP contribution in [0, 0.1) is 6.92 Å². The molecule has 16 heavy (non-hydrogen) atoms. The van der Waals surface area contributed by atoms with Crippen LogP contribution in [0.25, 0.3) is 0 Å². The van der Waals surface area contributed by atoms with Gasteiger partial charge in [0.05, 0.1) is 11.9 Å². The average Bonchev–Trinajstić information content (AvgIpc) is 2.33. The first kappa shape index (κ1) is 11.2. The molecule has 1 atom stereocenters. The molecule has 1 aromatic heterocycles. The summed E-state index contributed by atoms with van der Waals surface area (Å²) in [5.41, 5.74) is 2.44.